The van der Waals surface area contributed by atoms with E-state index in [0.717, 1.165) is 0 Å². The van der Waals surface area contributed by atoms with Gasteiger partial charge in [0.1, 0.15) is 16.5 Å². The maximum Gasteiger partial charge on any atom is 0.270 e. The zero-order valence-electron chi connectivity index (χ0n) is 12.9. The van der Waals surface area contributed by atoms with Crippen LogP contribution in [0, 0.1) is 5.82 Å². The average Bonchev–Trinajstić information content (AvgIpc) is 2.92. The Labute approximate surface area is 133 Å². The van der Waals surface area contributed by atoms with Gasteiger partial charge in [0.15, 0.2) is 0 Å². The molecule has 0 bridgehead atoms. The van der Waals surface area contributed by atoms with E-state index in [0.29, 0.717) is 29.4 Å². The molecule has 22 heavy (non-hydrogen) atoms. The molecular formula is C16H20FN3OS. The number of aromatic nitrogens is 1. The highest BCUT2D eigenvalue weighted by Gasteiger charge is 2.14. The summed E-state index contributed by atoms with van der Waals surface area (Å²) < 4.78 is 13.7. The van der Waals surface area contributed by atoms with Gasteiger partial charge >= 0.3 is 0 Å². The summed E-state index contributed by atoms with van der Waals surface area (Å²) in [5.41, 5.74) is 0.753. The van der Waals surface area contributed by atoms with Gasteiger partial charge in [0, 0.05) is 29.6 Å². The minimum Gasteiger partial charge on any atom is -0.349 e. The number of nitrogens with one attached hydrogen (secondary N) is 2. The van der Waals surface area contributed by atoms with Crippen LogP contribution < -0.4 is 10.6 Å². The number of carbonyl (C=O) groups is 1. The van der Waals surface area contributed by atoms with E-state index < -0.39 is 0 Å². The Hall–Kier alpha value is -1.79. The summed E-state index contributed by atoms with van der Waals surface area (Å²) in [6.07, 6.45) is 0. The topological polar surface area (TPSA) is 54.0 Å². The van der Waals surface area contributed by atoms with Crippen LogP contribution in [0.3, 0.4) is 0 Å². The highest BCUT2D eigenvalue weighted by atomic mass is 32.1. The highest BCUT2D eigenvalue weighted by molar-refractivity contribution is 7.13. The molecule has 1 aromatic heterocycles. The van der Waals surface area contributed by atoms with Crippen molar-refractivity contribution >= 4 is 17.2 Å². The molecule has 4 nitrogen and oxygen atoms in total. The van der Waals surface area contributed by atoms with Crippen molar-refractivity contribution in [2.45, 2.75) is 26.3 Å². The summed E-state index contributed by atoms with van der Waals surface area (Å²) in [7, 11) is 0. The molecule has 2 rings (SSSR count). The van der Waals surface area contributed by atoms with Crippen LogP contribution in [0.2, 0.25) is 0 Å². The van der Waals surface area contributed by atoms with Crippen LogP contribution in [0.5, 0.6) is 0 Å². The maximum absolute atomic E-state index is 13.7. The van der Waals surface area contributed by atoms with Gasteiger partial charge in [-0.2, -0.15) is 0 Å². The summed E-state index contributed by atoms with van der Waals surface area (Å²) >= 11 is 1.26. The van der Waals surface area contributed by atoms with E-state index in [2.05, 4.69) is 36.4 Å². The fourth-order valence-electron chi connectivity index (χ4n) is 1.84. The molecule has 1 heterocycles. The number of hydrogen-bond donors (Lipinski definition) is 2. The van der Waals surface area contributed by atoms with Crippen molar-refractivity contribution in [3.8, 4) is 10.6 Å². The van der Waals surface area contributed by atoms with Crippen LogP contribution in [0.4, 0.5) is 4.39 Å². The van der Waals surface area contributed by atoms with Crippen molar-refractivity contribution in [2.24, 2.45) is 0 Å². The molecule has 0 saturated carbocycles. The third-order valence-electron chi connectivity index (χ3n) is 2.91. The molecule has 2 aromatic rings. The predicted molar refractivity (Wildman–Crippen MR) is 87.6 cm³/mol. The standard InChI is InChI=1S/C16H20FN3OS/c1-16(2,3)19-9-8-18-14(21)13-10-22-15(20-13)11-6-4-5-7-12(11)17/h4-7,10,19H,8-9H2,1-3H3,(H,18,21). The summed E-state index contributed by atoms with van der Waals surface area (Å²) in [6.45, 7) is 7.39. The summed E-state index contributed by atoms with van der Waals surface area (Å²) in [4.78, 5) is 16.2. The van der Waals surface area contributed by atoms with Gasteiger partial charge < -0.3 is 10.6 Å². The molecule has 0 aliphatic carbocycles. The first-order chi connectivity index (χ1) is 10.4. The second kappa shape index (κ2) is 6.98. The number of halogens is 1. The van der Waals surface area contributed by atoms with Gasteiger partial charge in [-0.3, -0.25) is 4.79 Å². The zero-order valence-corrected chi connectivity index (χ0v) is 13.8. The van der Waals surface area contributed by atoms with Gasteiger partial charge in [0.05, 0.1) is 0 Å². The lowest BCUT2D eigenvalue weighted by Crippen LogP contribution is -2.41. The number of carbonyl (C=O) groups excluding carboxylic acids is 1. The number of amides is 1. The molecule has 0 radical (unpaired) electrons. The Balaban J connectivity index is 1.94. The summed E-state index contributed by atoms with van der Waals surface area (Å²) in [5.74, 6) is -0.576. The molecule has 0 aliphatic heterocycles. The van der Waals surface area contributed by atoms with Crippen molar-refractivity contribution in [3.05, 3.63) is 41.2 Å². The van der Waals surface area contributed by atoms with Gasteiger partial charge in [0.2, 0.25) is 0 Å². The highest BCUT2D eigenvalue weighted by Crippen LogP contribution is 2.25. The first-order valence-electron chi connectivity index (χ1n) is 7.10. The van der Waals surface area contributed by atoms with E-state index >= 15 is 0 Å². The van der Waals surface area contributed by atoms with Crippen molar-refractivity contribution in [1.29, 1.82) is 0 Å². The number of benzene rings is 1. The molecule has 0 aliphatic rings. The number of thiazole rings is 1. The van der Waals surface area contributed by atoms with Gasteiger partial charge in [0.25, 0.3) is 5.91 Å². The fraction of sp³-hybridized carbons (Fsp3) is 0.375. The van der Waals surface area contributed by atoms with Gasteiger partial charge in [-0.25, -0.2) is 9.37 Å². The first-order valence-corrected chi connectivity index (χ1v) is 7.98. The van der Waals surface area contributed by atoms with E-state index in [4.69, 9.17) is 0 Å². The van der Waals surface area contributed by atoms with Crippen molar-refractivity contribution in [2.75, 3.05) is 13.1 Å². The number of rotatable bonds is 5. The number of nitrogens with zero attached hydrogens (tertiary/aromatic N) is 1. The molecule has 0 atom stereocenters. The maximum atomic E-state index is 13.7. The largest absolute Gasteiger partial charge is 0.349 e. The molecular weight excluding hydrogens is 301 g/mol. The van der Waals surface area contributed by atoms with Gasteiger partial charge in [-0.1, -0.05) is 12.1 Å². The zero-order chi connectivity index (χ0) is 16.2. The minimum absolute atomic E-state index is 0.0172. The Kier molecular flexibility index (Phi) is 5.26. The molecule has 118 valence electrons. The van der Waals surface area contributed by atoms with Crippen molar-refractivity contribution < 1.29 is 9.18 Å². The molecule has 2 N–H and O–H groups in total. The third kappa shape index (κ3) is 4.61. The normalized spacial score (nSPS) is 11.5. The van der Waals surface area contributed by atoms with Crippen LogP contribution in [0.15, 0.2) is 29.6 Å². The lowest BCUT2D eigenvalue weighted by Gasteiger charge is -2.20. The first kappa shape index (κ1) is 16.6. The molecule has 1 amide bonds. The molecule has 0 saturated heterocycles. The van der Waals surface area contributed by atoms with Crippen LogP contribution in [-0.2, 0) is 0 Å². The van der Waals surface area contributed by atoms with E-state index in [9.17, 15) is 9.18 Å². The molecule has 6 heteroatoms. The van der Waals surface area contributed by atoms with E-state index in [1.54, 1.807) is 23.6 Å². The van der Waals surface area contributed by atoms with Gasteiger partial charge in [-0.05, 0) is 32.9 Å². The van der Waals surface area contributed by atoms with Crippen molar-refractivity contribution in [3.63, 3.8) is 0 Å². The van der Waals surface area contributed by atoms with Crippen molar-refractivity contribution in [1.82, 2.24) is 15.6 Å². The Morgan fingerprint density at radius 2 is 2.00 bits per heavy atom. The van der Waals surface area contributed by atoms with E-state index in [1.165, 1.54) is 17.4 Å². The van der Waals surface area contributed by atoms with Gasteiger partial charge in [-0.15, -0.1) is 11.3 Å². The SMILES string of the molecule is CC(C)(C)NCCNC(=O)c1csc(-c2ccccc2F)n1. The lowest BCUT2D eigenvalue weighted by atomic mass is 10.1. The lowest BCUT2D eigenvalue weighted by molar-refractivity contribution is 0.0949. The Morgan fingerprint density at radius 1 is 1.27 bits per heavy atom. The Bertz CT molecular complexity index is 649. The molecule has 0 fully saturated rings. The second-order valence-corrected chi connectivity index (χ2v) is 6.81. The predicted octanol–water partition coefficient (Wildman–Crippen LogP) is 3.07. The smallest absolute Gasteiger partial charge is 0.270 e. The van der Waals surface area contributed by atoms with E-state index in [1.807, 2.05) is 0 Å². The number of hydrogen-bond acceptors (Lipinski definition) is 4. The summed E-state index contributed by atoms with van der Waals surface area (Å²) in [5, 5.41) is 8.24. The second-order valence-electron chi connectivity index (χ2n) is 5.95. The molecule has 1 aromatic carbocycles. The fourth-order valence-corrected chi connectivity index (χ4v) is 2.67. The Morgan fingerprint density at radius 3 is 2.68 bits per heavy atom. The third-order valence-corrected chi connectivity index (χ3v) is 3.78. The van der Waals surface area contributed by atoms with Crippen LogP contribution in [-0.4, -0.2) is 29.5 Å². The van der Waals surface area contributed by atoms with Crippen LogP contribution >= 0.6 is 11.3 Å². The quantitative estimate of drug-likeness (QED) is 0.832. The van der Waals surface area contributed by atoms with Crippen LogP contribution in [0.1, 0.15) is 31.3 Å². The average molecular weight is 321 g/mol. The summed E-state index contributed by atoms with van der Waals surface area (Å²) in [6, 6.07) is 6.41. The van der Waals surface area contributed by atoms with E-state index in [-0.39, 0.29) is 17.3 Å². The molecule has 0 spiro atoms. The monoisotopic (exact) mass is 321 g/mol. The van der Waals surface area contributed by atoms with Crippen LogP contribution in [0.25, 0.3) is 10.6 Å². The minimum atomic E-state index is -0.335. The molecule has 0 unspecified atom stereocenters.